The zero-order valence-corrected chi connectivity index (χ0v) is 10.5. The zero-order chi connectivity index (χ0) is 11.7. The topological polar surface area (TPSA) is 58.6 Å². The number of carbonyl (C=O) groups excluding carboxylic acids is 1. The largest absolute Gasteiger partial charge is 0.465 e. The molecule has 0 saturated heterocycles. The van der Waals surface area contributed by atoms with Crippen molar-refractivity contribution in [1.29, 1.82) is 0 Å². The predicted molar refractivity (Wildman–Crippen MR) is 63.1 cm³/mol. The maximum atomic E-state index is 11.6. The second-order valence-corrected chi connectivity index (χ2v) is 4.61. The lowest BCUT2D eigenvalue weighted by molar-refractivity contribution is -0.150. The molecule has 1 atom stereocenters. The van der Waals surface area contributed by atoms with Gasteiger partial charge in [0.1, 0.15) is 5.54 Å². The van der Waals surface area contributed by atoms with Crippen LogP contribution in [0.2, 0.25) is 0 Å². The number of aliphatic hydroxyl groups excluding tert-OH is 1. The minimum atomic E-state index is -0.613. The third-order valence-corrected chi connectivity index (χ3v) is 3.22. The molecule has 0 heterocycles. The number of likely N-dealkylation sites (N-methyl/N-ethyl adjacent to an activating group) is 1. The Kier molecular flexibility index (Phi) is 7.82. The standard InChI is InChI=1S/C10H21NO3S/c1-4-14-9(13)10(2,11-3)5-7-15-8-6-12/h11-12H,4-8H2,1-3H3. The van der Waals surface area contributed by atoms with Gasteiger partial charge in [0, 0.05) is 5.75 Å². The van der Waals surface area contributed by atoms with Crippen molar-refractivity contribution in [3.8, 4) is 0 Å². The van der Waals surface area contributed by atoms with E-state index in [4.69, 9.17) is 9.84 Å². The molecule has 90 valence electrons. The molecule has 2 N–H and O–H groups in total. The highest BCUT2D eigenvalue weighted by Crippen LogP contribution is 2.15. The van der Waals surface area contributed by atoms with Crippen molar-refractivity contribution in [3.63, 3.8) is 0 Å². The van der Waals surface area contributed by atoms with Crippen LogP contribution in [0.4, 0.5) is 0 Å². The van der Waals surface area contributed by atoms with Gasteiger partial charge in [-0.2, -0.15) is 11.8 Å². The number of carbonyl (C=O) groups is 1. The van der Waals surface area contributed by atoms with E-state index in [0.29, 0.717) is 18.8 Å². The van der Waals surface area contributed by atoms with E-state index in [1.54, 1.807) is 25.7 Å². The fraction of sp³-hybridized carbons (Fsp3) is 0.900. The Bertz CT molecular complexity index is 190. The Balaban J connectivity index is 4.00. The molecule has 0 radical (unpaired) electrons. The summed E-state index contributed by atoms with van der Waals surface area (Å²) in [5.74, 6) is 1.33. The van der Waals surface area contributed by atoms with Gasteiger partial charge in [0.25, 0.3) is 0 Å². The lowest BCUT2D eigenvalue weighted by Crippen LogP contribution is -2.49. The van der Waals surface area contributed by atoms with Crippen molar-refractivity contribution in [2.24, 2.45) is 0 Å². The average Bonchev–Trinajstić information content (AvgIpc) is 2.24. The fourth-order valence-corrected chi connectivity index (χ4v) is 1.95. The quantitative estimate of drug-likeness (QED) is 0.478. The van der Waals surface area contributed by atoms with Crippen LogP contribution >= 0.6 is 11.8 Å². The minimum absolute atomic E-state index is 0.181. The van der Waals surface area contributed by atoms with Crippen LogP contribution in [-0.4, -0.2) is 48.4 Å². The first kappa shape index (κ1) is 14.7. The van der Waals surface area contributed by atoms with Crippen LogP contribution in [0.1, 0.15) is 20.3 Å². The van der Waals surface area contributed by atoms with Crippen molar-refractivity contribution in [1.82, 2.24) is 5.32 Å². The van der Waals surface area contributed by atoms with Crippen molar-refractivity contribution in [3.05, 3.63) is 0 Å². The smallest absolute Gasteiger partial charge is 0.326 e. The molecule has 0 aliphatic carbocycles. The second kappa shape index (κ2) is 7.96. The molecule has 5 heteroatoms. The van der Waals surface area contributed by atoms with Crippen molar-refractivity contribution < 1.29 is 14.6 Å². The highest BCUT2D eigenvalue weighted by atomic mass is 32.2. The monoisotopic (exact) mass is 235 g/mol. The van der Waals surface area contributed by atoms with E-state index in [1.165, 1.54) is 0 Å². The van der Waals surface area contributed by atoms with Gasteiger partial charge in [0.2, 0.25) is 0 Å². The molecule has 0 aliphatic heterocycles. The van der Waals surface area contributed by atoms with Crippen molar-refractivity contribution >= 4 is 17.7 Å². The number of hydrogen-bond acceptors (Lipinski definition) is 5. The Morgan fingerprint density at radius 1 is 1.53 bits per heavy atom. The molecule has 0 bridgehead atoms. The minimum Gasteiger partial charge on any atom is -0.465 e. The third-order valence-electron chi connectivity index (χ3n) is 2.26. The van der Waals surface area contributed by atoms with Gasteiger partial charge in [-0.05, 0) is 33.1 Å². The zero-order valence-electron chi connectivity index (χ0n) is 9.71. The summed E-state index contributed by atoms with van der Waals surface area (Å²) >= 11 is 1.63. The van der Waals surface area contributed by atoms with Gasteiger partial charge < -0.3 is 15.2 Å². The summed E-state index contributed by atoms with van der Waals surface area (Å²) in [4.78, 5) is 11.6. The van der Waals surface area contributed by atoms with Crippen LogP contribution in [0.25, 0.3) is 0 Å². The van der Waals surface area contributed by atoms with Crippen molar-refractivity contribution in [2.45, 2.75) is 25.8 Å². The first-order valence-electron chi connectivity index (χ1n) is 5.15. The molecule has 0 rings (SSSR count). The lowest BCUT2D eigenvalue weighted by Gasteiger charge is -2.26. The van der Waals surface area contributed by atoms with Gasteiger partial charge in [-0.3, -0.25) is 4.79 Å². The van der Waals surface area contributed by atoms with Gasteiger partial charge >= 0.3 is 5.97 Å². The molecule has 0 aromatic heterocycles. The van der Waals surface area contributed by atoms with E-state index < -0.39 is 5.54 Å². The molecule has 0 aliphatic rings. The predicted octanol–water partition coefficient (Wildman–Crippen LogP) is 0.643. The Morgan fingerprint density at radius 2 is 2.20 bits per heavy atom. The third kappa shape index (κ3) is 5.39. The van der Waals surface area contributed by atoms with E-state index in [9.17, 15) is 4.79 Å². The van der Waals surface area contributed by atoms with E-state index in [2.05, 4.69) is 5.32 Å². The van der Waals surface area contributed by atoms with Gasteiger partial charge in [-0.1, -0.05) is 0 Å². The summed E-state index contributed by atoms with van der Waals surface area (Å²) in [7, 11) is 1.76. The van der Waals surface area contributed by atoms with E-state index in [1.807, 2.05) is 6.92 Å². The molecular formula is C10H21NO3S. The summed E-state index contributed by atoms with van der Waals surface area (Å²) in [6, 6.07) is 0. The number of hydrogen-bond donors (Lipinski definition) is 2. The molecule has 0 aromatic carbocycles. The second-order valence-electron chi connectivity index (χ2n) is 3.39. The van der Waals surface area contributed by atoms with Crippen LogP contribution in [0.3, 0.4) is 0 Å². The first-order chi connectivity index (χ1) is 7.10. The number of thioether (sulfide) groups is 1. The summed E-state index contributed by atoms with van der Waals surface area (Å²) in [5.41, 5.74) is -0.613. The molecular weight excluding hydrogens is 214 g/mol. The number of nitrogens with one attached hydrogen (secondary N) is 1. The molecule has 4 nitrogen and oxygen atoms in total. The van der Waals surface area contributed by atoms with Crippen molar-refractivity contribution in [2.75, 3.05) is 31.8 Å². The van der Waals surface area contributed by atoms with Crippen LogP contribution in [0.5, 0.6) is 0 Å². The number of ether oxygens (including phenoxy) is 1. The van der Waals surface area contributed by atoms with E-state index in [-0.39, 0.29) is 12.6 Å². The Morgan fingerprint density at radius 3 is 2.67 bits per heavy atom. The molecule has 0 aromatic rings. The first-order valence-corrected chi connectivity index (χ1v) is 6.31. The molecule has 0 amide bonds. The van der Waals surface area contributed by atoms with Crippen LogP contribution < -0.4 is 5.32 Å². The summed E-state index contributed by atoms with van der Waals surface area (Å²) in [5, 5.41) is 11.6. The van der Waals surface area contributed by atoms with Crippen LogP contribution in [-0.2, 0) is 9.53 Å². The SMILES string of the molecule is CCOC(=O)C(C)(CCSCCO)NC. The van der Waals surface area contributed by atoms with Crippen LogP contribution in [0.15, 0.2) is 0 Å². The fourth-order valence-electron chi connectivity index (χ4n) is 1.06. The average molecular weight is 235 g/mol. The highest BCUT2D eigenvalue weighted by molar-refractivity contribution is 7.99. The normalized spacial score (nSPS) is 14.7. The molecule has 0 fully saturated rings. The summed E-state index contributed by atoms with van der Waals surface area (Å²) in [6.45, 7) is 4.22. The summed E-state index contributed by atoms with van der Waals surface area (Å²) in [6.07, 6.45) is 0.701. The molecule has 1 unspecified atom stereocenters. The molecule has 0 spiro atoms. The Labute approximate surface area is 95.8 Å². The van der Waals surface area contributed by atoms with Crippen LogP contribution in [0, 0.1) is 0 Å². The van der Waals surface area contributed by atoms with Gasteiger partial charge in [-0.25, -0.2) is 0 Å². The lowest BCUT2D eigenvalue weighted by atomic mass is 10.00. The number of aliphatic hydroxyl groups is 1. The van der Waals surface area contributed by atoms with E-state index in [0.717, 1.165) is 5.75 Å². The van der Waals surface area contributed by atoms with Gasteiger partial charge in [0.05, 0.1) is 13.2 Å². The van der Waals surface area contributed by atoms with Gasteiger partial charge in [-0.15, -0.1) is 0 Å². The molecule has 15 heavy (non-hydrogen) atoms. The number of esters is 1. The van der Waals surface area contributed by atoms with E-state index >= 15 is 0 Å². The Hall–Kier alpha value is -0.260. The molecule has 0 saturated carbocycles. The van der Waals surface area contributed by atoms with Gasteiger partial charge in [0.15, 0.2) is 0 Å². The maximum absolute atomic E-state index is 11.6. The number of rotatable bonds is 8. The summed E-state index contributed by atoms with van der Waals surface area (Å²) < 4.78 is 4.99. The highest BCUT2D eigenvalue weighted by Gasteiger charge is 2.32. The maximum Gasteiger partial charge on any atom is 0.326 e.